The number of halogens is 1. The van der Waals surface area contributed by atoms with Crippen LogP contribution in [0.3, 0.4) is 0 Å². The molecule has 0 amide bonds. The van der Waals surface area contributed by atoms with Gasteiger partial charge in [0.15, 0.2) is 0 Å². The minimum absolute atomic E-state index is 0.118. The maximum Gasteiger partial charge on any atom is 0.126 e. The van der Waals surface area contributed by atoms with Crippen molar-refractivity contribution in [2.24, 2.45) is 0 Å². The summed E-state index contributed by atoms with van der Waals surface area (Å²) in [5, 5.41) is 3.33. The van der Waals surface area contributed by atoms with Crippen LogP contribution < -0.4 is 5.32 Å². The summed E-state index contributed by atoms with van der Waals surface area (Å²) in [5.74, 6) is -0.118. The van der Waals surface area contributed by atoms with Gasteiger partial charge in [-0.2, -0.15) is 0 Å². The molecule has 0 heterocycles. The van der Waals surface area contributed by atoms with E-state index in [-0.39, 0.29) is 5.82 Å². The van der Waals surface area contributed by atoms with E-state index in [1.165, 1.54) is 6.07 Å². The Bertz CT molecular complexity index is 331. The predicted octanol–water partition coefficient (Wildman–Crippen LogP) is 3.31. The number of allylic oxidation sites excluding steroid dienone is 1. The molecule has 0 fully saturated rings. The highest BCUT2D eigenvalue weighted by Gasteiger charge is 1.96. The average Bonchev–Trinajstić information content (AvgIpc) is 2.25. The topological polar surface area (TPSA) is 12.0 Å². The Balaban J connectivity index is 2.24. The van der Waals surface area contributed by atoms with E-state index in [2.05, 4.69) is 25.2 Å². The first-order chi connectivity index (χ1) is 7.70. The monoisotopic (exact) mass is 221 g/mol. The molecule has 0 saturated heterocycles. The molecule has 16 heavy (non-hydrogen) atoms. The van der Waals surface area contributed by atoms with Gasteiger partial charge in [-0.25, -0.2) is 4.39 Å². The smallest absolute Gasteiger partial charge is 0.126 e. The van der Waals surface area contributed by atoms with Gasteiger partial charge in [0.2, 0.25) is 0 Å². The third kappa shape index (κ3) is 5.08. The van der Waals surface area contributed by atoms with Crippen molar-refractivity contribution >= 4 is 0 Å². The summed E-state index contributed by atoms with van der Waals surface area (Å²) in [6.45, 7) is 5.23. The van der Waals surface area contributed by atoms with Gasteiger partial charge in [-0.1, -0.05) is 44.2 Å². The average molecular weight is 221 g/mol. The third-order valence-corrected chi connectivity index (χ3v) is 2.33. The fourth-order valence-corrected chi connectivity index (χ4v) is 1.45. The van der Waals surface area contributed by atoms with Gasteiger partial charge < -0.3 is 5.32 Å². The number of nitrogens with one attached hydrogen (secondary N) is 1. The van der Waals surface area contributed by atoms with Crippen molar-refractivity contribution in [2.75, 3.05) is 6.54 Å². The van der Waals surface area contributed by atoms with Gasteiger partial charge >= 0.3 is 0 Å². The zero-order valence-electron chi connectivity index (χ0n) is 10.0. The van der Waals surface area contributed by atoms with E-state index in [1.807, 2.05) is 18.2 Å². The van der Waals surface area contributed by atoms with Crippen LogP contribution in [0.25, 0.3) is 0 Å². The van der Waals surface area contributed by atoms with E-state index >= 15 is 0 Å². The molecule has 88 valence electrons. The van der Waals surface area contributed by atoms with Crippen molar-refractivity contribution in [3.63, 3.8) is 0 Å². The Morgan fingerprint density at radius 2 is 2.00 bits per heavy atom. The number of hydrogen-bond acceptors (Lipinski definition) is 1. The predicted molar refractivity (Wildman–Crippen MR) is 67.0 cm³/mol. The molecule has 0 aliphatic heterocycles. The molecule has 0 spiro atoms. The molecule has 1 aromatic carbocycles. The highest BCUT2D eigenvalue weighted by Crippen LogP contribution is 2.07. The molecule has 1 aromatic rings. The van der Waals surface area contributed by atoms with Crippen LogP contribution in [0, 0.1) is 5.82 Å². The van der Waals surface area contributed by atoms with Gasteiger partial charge in [0.05, 0.1) is 0 Å². The summed E-state index contributed by atoms with van der Waals surface area (Å²) < 4.78 is 13.2. The lowest BCUT2D eigenvalue weighted by Gasteiger charge is -2.04. The van der Waals surface area contributed by atoms with Crippen LogP contribution in [0.2, 0.25) is 0 Å². The lowest BCUT2D eigenvalue weighted by molar-refractivity contribution is 0.594. The molecule has 0 bridgehead atoms. The van der Waals surface area contributed by atoms with E-state index in [1.54, 1.807) is 6.07 Å². The van der Waals surface area contributed by atoms with Crippen molar-refractivity contribution in [1.82, 2.24) is 5.32 Å². The Morgan fingerprint density at radius 3 is 2.69 bits per heavy atom. The standard InChI is InChI=1S/C14H20FN/c1-12(2)16-11-7-3-4-8-13-9-5-6-10-14(13)15/h3-6,9-10,12,16H,7-8,11H2,1-2H3. The maximum absolute atomic E-state index is 13.2. The molecule has 0 unspecified atom stereocenters. The normalized spacial score (nSPS) is 11.5. The second kappa shape index (κ2) is 7.18. The number of rotatable bonds is 6. The van der Waals surface area contributed by atoms with E-state index < -0.39 is 0 Å². The first-order valence-electron chi connectivity index (χ1n) is 5.82. The lowest BCUT2D eigenvalue weighted by Crippen LogP contribution is -2.23. The number of hydrogen-bond donors (Lipinski definition) is 1. The summed E-state index contributed by atoms with van der Waals surface area (Å²) >= 11 is 0. The molecular weight excluding hydrogens is 201 g/mol. The summed E-state index contributed by atoms with van der Waals surface area (Å²) in [5.41, 5.74) is 0.760. The van der Waals surface area contributed by atoms with Crippen LogP contribution in [0.1, 0.15) is 25.8 Å². The second-order valence-electron chi connectivity index (χ2n) is 4.16. The number of benzene rings is 1. The molecule has 0 atom stereocenters. The van der Waals surface area contributed by atoms with Crippen LogP contribution in [0.5, 0.6) is 0 Å². The van der Waals surface area contributed by atoms with Crippen molar-refractivity contribution in [1.29, 1.82) is 0 Å². The Kier molecular flexibility index (Phi) is 5.79. The molecular formula is C14H20FN. The van der Waals surface area contributed by atoms with Crippen LogP contribution in [0.15, 0.2) is 36.4 Å². The Hall–Kier alpha value is -1.15. The van der Waals surface area contributed by atoms with Crippen LogP contribution in [-0.4, -0.2) is 12.6 Å². The van der Waals surface area contributed by atoms with Gasteiger partial charge in [0, 0.05) is 6.04 Å². The van der Waals surface area contributed by atoms with E-state index in [0.717, 1.165) is 18.5 Å². The van der Waals surface area contributed by atoms with Crippen LogP contribution in [-0.2, 0) is 6.42 Å². The molecule has 1 nitrogen and oxygen atoms in total. The highest BCUT2D eigenvalue weighted by molar-refractivity contribution is 5.19. The van der Waals surface area contributed by atoms with Gasteiger partial charge in [-0.15, -0.1) is 0 Å². The summed E-state index contributed by atoms with van der Waals surface area (Å²) in [6, 6.07) is 7.44. The third-order valence-electron chi connectivity index (χ3n) is 2.33. The fraction of sp³-hybridized carbons (Fsp3) is 0.429. The van der Waals surface area contributed by atoms with Crippen molar-refractivity contribution in [3.8, 4) is 0 Å². The summed E-state index contributed by atoms with van der Waals surface area (Å²) in [6.07, 6.45) is 5.79. The minimum atomic E-state index is -0.118. The first kappa shape index (κ1) is 12.9. The summed E-state index contributed by atoms with van der Waals surface area (Å²) in [4.78, 5) is 0. The molecule has 0 aliphatic carbocycles. The van der Waals surface area contributed by atoms with Crippen molar-refractivity contribution in [2.45, 2.75) is 32.7 Å². The van der Waals surface area contributed by atoms with Crippen LogP contribution >= 0.6 is 0 Å². The van der Waals surface area contributed by atoms with Crippen LogP contribution in [0.4, 0.5) is 4.39 Å². The van der Waals surface area contributed by atoms with Crippen molar-refractivity contribution in [3.05, 3.63) is 47.8 Å². The zero-order chi connectivity index (χ0) is 11.8. The summed E-state index contributed by atoms with van der Waals surface area (Å²) in [7, 11) is 0. The molecule has 1 rings (SSSR count). The minimum Gasteiger partial charge on any atom is -0.314 e. The fourth-order valence-electron chi connectivity index (χ4n) is 1.45. The van der Waals surface area contributed by atoms with Gasteiger partial charge in [-0.05, 0) is 31.0 Å². The van der Waals surface area contributed by atoms with Gasteiger partial charge in [0.25, 0.3) is 0 Å². The second-order valence-corrected chi connectivity index (χ2v) is 4.16. The Labute approximate surface area is 97.4 Å². The largest absolute Gasteiger partial charge is 0.314 e. The van der Waals surface area contributed by atoms with E-state index in [0.29, 0.717) is 12.5 Å². The Morgan fingerprint density at radius 1 is 1.25 bits per heavy atom. The quantitative estimate of drug-likeness (QED) is 0.574. The molecule has 0 aromatic heterocycles. The highest BCUT2D eigenvalue weighted by atomic mass is 19.1. The molecule has 0 aliphatic rings. The van der Waals surface area contributed by atoms with Gasteiger partial charge in [-0.3, -0.25) is 0 Å². The van der Waals surface area contributed by atoms with E-state index in [4.69, 9.17) is 0 Å². The lowest BCUT2D eigenvalue weighted by atomic mass is 10.1. The first-order valence-corrected chi connectivity index (χ1v) is 5.82. The molecule has 2 heteroatoms. The zero-order valence-corrected chi connectivity index (χ0v) is 10.0. The van der Waals surface area contributed by atoms with E-state index in [9.17, 15) is 4.39 Å². The SMILES string of the molecule is CC(C)NCCC=CCc1ccccc1F. The molecule has 0 saturated carbocycles. The maximum atomic E-state index is 13.2. The molecule has 1 N–H and O–H groups in total. The van der Waals surface area contributed by atoms with Gasteiger partial charge in [0.1, 0.15) is 5.82 Å². The molecule has 0 radical (unpaired) electrons. The van der Waals surface area contributed by atoms with Crippen molar-refractivity contribution < 1.29 is 4.39 Å².